The number of aryl methyl sites for hydroxylation is 3. The van der Waals surface area contributed by atoms with Crippen LogP contribution in [0.1, 0.15) is 50.2 Å². The van der Waals surface area contributed by atoms with Crippen molar-refractivity contribution in [2.24, 2.45) is 0 Å². The van der Waals surface area contributed by atoms with Gasteiger partial charge in [-0.3, -0.25) is 4.79 Å². The summed E-state index contributed by atoms with van der Waals surface area (Å²) < 4.78 is 8.41. The molecule has 0 radical (unpaired) electrons. The maximum Gasteiger partial charge on any atom is 0.341 e. The zero-order valence-corrected chi connectivity index (χ0v) is 23.0. The second kappa shape index (κ2) is 10.6. The summed E-state index contributed by atoms with van der Waals surface area (Å²) in [6.07, 6.45) is 1.59. The van der Waals surface area contributed by atoms with Gasteiger partial charge in [-0.15, -0.1) is 11.3 Å². The summed E-state index contributed by atoms with van der Waals surface area (Å²) in [4.78, 5) is 26.3. The van der Waals surface area contributed by atoms with Crippen LogP contribution in [0.15, 0.2) is 29.8 Å². The lowest BCUT2D eigenvalue weighted by Gasteiger charge is -2.11. The third-order valence-electron chi connectivity index (χ3n) is 5.64. The standard InChI is InChI=1S/C26H26IN3O3S/c1-7-33-26(32)23-16(4)18(6)34-25(23)29-24(31)20(13-28)11-19-10-15(3)30(17(19)5)21-9-8-14(2)22(27)12-21/h8-12H,7H2,1-6H3,(H,29,31)/b20-11+. The summed E-state index contributed by atoms with van der Waals surface area (Å²) in [5, 5.41) is 12.9. The number of hydrogen-bond donors (Lipinski definition) is 1. The van der Waals surface area contributed by atoms with Crippen LogP contribution in [0.3, 0.4) is 0 Å². The summed E-state index contributed by atoms with van der Waals surface area (Å²) in [6.45, 7) is 11.7. The van der Waals surface area contributed by atoms with Crippen LogP contribution in [-0.2, 0) is 9.53 Å². The molecule has 1 N–H and O–H groups in total. The van der Waals surface area contributed by atoms with Gasteiger partial charge in [-0.2, -0.15) is 5.26 Å². The molecule has 0 saturated carbocycles. The van der Waals surface area contributed by atoms with Crippen molar-refractivity contribution in [2.75, 3.05) is 11.9 Å². The van der Waals surface area contributed by atoms with Crippen molar-refractivity contribution in [2.45, 2.75) is 41.5 Å². The Morgan fingerprint density at radius 3 is 2.53 bits per heavy atom. The van der Waals surface area contributed by atoms with Crippen molar-refractivity contribution in [1.29, 1.82) is 5.26 Å². The monoisotopic (exact) mass is 587 g/mol. The van der Waals surface area contributed by atoms with E-state index in [4.69, 9.17) is 4.74 Å². The number of nitriles is 1. The largest absolute Gasteiger partial charge is 0.462 e. The van der Waals surface area contributed by atoms with Gasteiger partial charge in [-0.25, -0.2) is 4.79 Å². The molecule has 1 aromatic carbocycles. The molecule has 2 aromatic heterocycles. The molecular weight excluding hydrogens is 561 g/mol. The molecule has 0 bridgehead atoms. The zero-order chi connectivity index (χ0) is 25.2. The Balaban J connectivity index is 1.96. The molecule has 3 rings (SSSR count). The first-order chi connectivity index (χ1) is 16.1. The van der Waals surface area contributed by atoms with Gasteiger partial charge in [0.2, 0.25) is 0 Å². The predicted molar refractivity (Wildman–Crippen MR) is 145 cm³/mol. The van der Waals surface area contributed by atoms with Gasteiger partial charge in [0.25, 0.3) is 5.91 Å². The van der Waals surface area contributed by atoms with Gasteiger partial charge < -0.3 is 14.6 Å². The summed E-state index contributed by atoms with van der Waals surface area (Å²) in [5.74, 6) is -1.05. The van der Waals surface area contributed by atoms with Gasteiger partial charge in [0, 0.05) is 25.5 Å². The average Bonchev–Trinajstić information content (AvgIpc) is 3.22. The number of amides is 1. The molecule has 2 heterocycles. The van der Waals surface area contributed by atoms with Crippen LogP contribution in [0.2, 0.25) is 0 Å². The molecule has 34 heavy (non-hydrogen) atoms. The number of nitrogens with one attached hydrogen (secondary N) is 1. The molecule has 0 aliphatic heterocycles. The molecule has 0 aliphatic rings. The molecular formula is C26H26IN3O3S. The van der Waals surface area contributed by atoms with Crippen LogP contribution in [0.25, 0.3) is 11.8 Å². The van der Waals surface area contributed by atoms with E-state index in [2.05, 4.69) is 57.6 Å². The number of hydrogen-bond acceptors (Lipinski definition) is 5. The minimum atomic E-state index is -0.566. The topological polar surface area (TPSA) is 84.1 Å². The maximum absolute atomic E-state index is 13.0. The van der Waals surface area contributed by atoms with Gasteiger partial charge in [0.1, 0.15) is 16.6 Å². The van der Waals surface area contributed by atoms with E-state index >= 15 is 0 Å². The summed E-state index contributed by atoms with van der Waals surface area (Å²) in [6, 6.07) is 10.2. The normalized spacial score (nSPS) is 11.3. The van der Waals surface area contributed by atoms with Gasteiger partial charge in [-0.1, -0.05) is 6.07 Å². The minimum Gasteiger partial charge on any atom is -0.462 e. The van der Waals surface area contributed by atoms with Crippen molar-refractivity contribution in [3.05, 3.63) is 71.9 Å². The highest BCUT2D eigenvalue weighted by Crippen LogP contribution is 2.33. The van der Waals surface area contributed by atoms with Gasteiger partial charge in [0.05, 0.1) is 12.2 Å². The lowest BCUT2D eigenvalue weighted by molar-refractivity contribution is -0.112. The van der Waals surface area contributed by atoms with E-state index in [-0.39, 0.29) is 12.2 Å². The SMILES string of the molecule is CCOC(=O)c1c(NC(=O)/C(C#N)=C/c2cc(C)n(-c3ccc(C)c(I)c3)c2C)sc(C)c1C. The second-order valence-electron chi connectivity index (χ2n) is 7.93. The smallest absolute Gasteiger partial charge is 0.341 e. The number of halogens is 1. The summed E-state index contributed by atoms with van der Waals surface area (Å²) in [7, 11) is 0. The molecule has 176 valence electrons. The highest BCUT2D eigenvalue weighted by atomic mass is 127. The van der Waals surface area contributed by atoms with Crippen LogP contribution >= 0.6 is 33.9 Å². The van der Waals surface area contributed by atoms with Crippen LogP contribution < -0.4 is 5.32 Å². The van der Waals surface area contributed by atoms with Gasteiger partial charge in [0.15, 0.2) is 0 Å². The number of anilines is 1. The molecule has 3 aromatic rings. The molecule has 6 nitrogen and oxygen atoms in total. The molecule has 0 fully saturated rings. The highest BCUT2D eigenvalue weighted by molar-refractivity contribution is 14.1. The van der Waals surface area contributed by atoms with E-state index in [0.29, 0.717) is 10.6 Å². The lowest BCUT2D eigenvalue weighted by atomic mass is 10.1. The van der Waals surface area contributed by atoms with Gasteiger partial charge in [-0.05, 0) is 105 Å². The first-order valence-electron chi connectivity index (χ1n) is 10.7. The Kier molecular flexibility index (Phi) is 8.00. The fraction of sp³-hybridized carbons (Fsp3) is 0.269. The van der Waals surface area contributed by atoms with Crippen molar-refractivity contribution in [3.63, 3.8) is 0 Å². The Bertz CT molecular complexity index is 1360. The van der Waals surface area contributed by atoms with Crippen LogP contribution in [0.4, 0.5) is 5.00 Å². The molecule has 0 aliphatic carbocycles. The third-order valence-corrected chi connectivity index (χ3v) is 7.93. The quantitative estimate of drug-likeness (QED) is 0.156. The molecule has 0 atom stereocenters. The fourth-order valence-corrected chi connectivity index (χ4v) is 5.23. The lowest BCUT2D eigenvalue weighted by Crippen LogP contribution is -2.16. The molecule has 0 spiro atoms. The van der Waals surface area contributed by atoms with E-state index in [0.717, 1.165) is 36.6 Å². The number of carbonyl (C=O) groups is 2. The van der Waals surface area contributed by atoms with E-state index < -0.39 is 11.9 Å². The van der Waals surface area contributed by atoms with Crippen molar-refractivity contribution in [3.8, 4) is 11.8 Å². The third kappa shape index (κ3) is 5.10. The molecule has 0 saturated heterocycles. The highest BCUT2D eigenvalue weighted by Gasteiger charge is 2.23. The van der Waals surface area contributed by atoms with E-state index in [1.165, 1.54) is 16.9 Å². The van der Waals surface area contributed by atoms with Crippen LogP contribution in [0.5, 0.6) is 0 Å². The Morgan fingerprint density at radius 1 is 1.21 bits per heavy atom. The Hall–Kier alpha value is -2.90. The number of carbonyl (C=O) groups excluding carboxylic acids is 2. The van der Waals surface area contributed by atoms with E-state index in [9.17, 15) is 14.9 Å². The second-order valence-corrected chi connectivity index (χ2v) is 10.3. The molecule has 8 heteroatoms. The Labute approximate surface area is 217 Å². The average molecular weight is 587 g/mol. The number of ether oxygens (including phenoxy) is 1. The zero-order valence-electron chi connectivity index (χ0n) is 20.0. The minimum absolute atomic E-state index is 0.0442. The number of nitrogens with zero attached hydrogens (tertiary/aromatic N) is 2. The first kappa shape index (κ1) is 25.7. The van der Waals surface area contributed by atoms with Crippen molar-refractivity contribution in [1.82, 2.24) is 4.57 Å². The first-order valence-corrected chi connectivity index (χ1v) is 12.6. The summed E-state index contributed by atoms with van der Waals surface area (Å²) in [5.41, 5.74) is 5.98. The number of benzene rings is 1. The van der Waals surface area contributed by atoms with E-state index in [1.807, 2.05) is 39.8 Å². The number of thiophene rings is 1. The predicted octanol–water partition coefficient (Wildman–Crippen LogP) is 6.41. The Morgan fingerprint density at radius 2 is 1.91 bits per heavy atom. The number of aromatic nitrogens is 1. The maximum atomic E-state index is 13.0. The number of esters is 1. The van der Waals surface area contributed by atoms with Crippen molar-refractivity contribution >= 4 is 56.9 Å². The van der Waals surface area contributed by atoms with E-state index in [1.54, 1.807) is 13.0 Å². The molecule has 0 unspecified atom stereocenters. The molecule has 1 amide bonds. The van der Waals surface area contributed by atoms with Crippen LogP contribution in [-0.4, -0.2) is 23.1 Å². The van der Waals surface area contributed by atoms with Gasteiger partial charge >= 0.3 is 5.97 Å². The number of rotatable bonds is 6. The fourth-order valence-electron chi connectivity index (χ4n) is 3.69. The van der Waals surface area contributed by atoms with Crippen LogP contribution in [0, 0.1) is 49.5 Å². The summed E-state index contributed by atoms with van der Waals surface area (Å²) >= 11 is 3.61. The van der Waals surface area contributed by atoms with Crippen molar-refractivity contribution < 1.29 is 14.3 Å².